The number of aliphatic hydroxyl groups is 1. The van der Waals surface area contributed by atoms with Gasteiger partial charge in [0.1, 0.15) is 0 Å². The van der Waals surface area contributed by atoms with Gasteiger partial charge in [-0.2, -0.15) is 0 Å². The fourth-order valence-electron chi connectivity index (χ4n) is 3.16. The second kappa shape index (κ2) is 7.61. The van der Waals surface area contributed by atoms with Crippen LogP contribution in [0.5, 0.6) is 0 Å². The van der Waals surface area contributed by atoms with Gasteiger partial charge in [-0.25, -0.2) is 0 Å². The Morgan fingerprint density at radius 2 is 1.95 bits per heavy atom. The third-order valence-corrected chi connectivity index (χ3v) is 4.72. The molecule has 0 radical (unpaired) electrons. The Kier molecular flexibility index (Phi) is 6.78. The maximum Gasteiger partial charge on any atom is 0.0589 e. The highest BCUT2D eigenvalue weighted by molar-refractivity contribution is 4.86. The zero-order valence-corrected chi connectivity index (χ0v) is 13.5. The normalized spacial score (nSPS) is 28.9. The third-order valence-electron chi connectivity index (χ3n) is 4.72. The molecule has 1 saturated carbocycles. The van der Waals surface area contributed by atoms with Crippen molar-refractivity contribution in [3.05, 3.63) is 0 Å². The molecule has 0 aromatic carbocycles. The summed E-state index contributed by atoms with van der Waals surface area (Å²) >= 11 is 0. The van der Waals surface area contributed by atoms with Crippen LogP contribution in [0.25, 0.3) is 0 Å². The lowest BCUT2D eigenvalue weighted by molar-refractivity contribution is 0.00107. The minimum atomic E-state index is -0.116. The van der Waals surface area contributed by atoms with Crippen LogP contribution in [0.2, 0.25) is 0 Å². The Morgan fingerprint density at radius 1 is 1.26 bits per heavy atom. The largest absolute Gasteiger partial charge is 0.393 e. The maximum atomic E-state index is 10.3. The predicted octanol–water partition coefficient (Wildman–Crippen LogP) is 2.78. The number of hydrogen-bond acceptors (Lipinski definition) is 3. The molecule has 1 fully saturated rings. The third kappa shape index (κ3) is 5.41. The quantitative estimate of drug-likeness (QED) is 0.806. The van der Waals surface area contributed by atoms with Crippen LogP contribution in [0.15, 0.2) is 0 Å². The van der Waals surface area contributed by atoms with Crippen molar-refractivity contribution in [3.63, 3.8) is 0 Å². The van der Waals surface area contributed by atoms with E-state index in [1.165, 1.54) is 6.42 Å². The molecule has 19 heavy (non-hydrogen) atoms. The number of nitrogens with zero attached hydrogens (tertiary/aromatic N) is 1. The van der Waals surface area contributed by atoms with Crippen LogP contribution in [0, 0.1) is 17.3 Å². The summed E-state index contributed by atoms with van der Waals surface area (Å²) in [5.41, 5.74) is 0.363. The molecule has 0 aromatic rings. The topological polar surface area (TPSA) is 32.7 Å². The van der Waals surface area contributed by atoms with Gasteiger partial charge >= 0.3 is 0 Å². The number of hydrogen-bond donors (Lipinski definition) is 1. The lowest BCUT2D eigenvalue weighted by Crippen LogP contribution is -2.42. The molecule has 0 amide bonds. The summed E-state index contributed by atoms with van der Waals surface area (Å²) in [7, 11) is 1.75. The van der Waals surface area contributed by atoms with E-state index in [9.17, 15) is 5.11 Å². The minimum absolute atomic E-state index is 0.116. The summed E-state index contributed by atoms with van der Waals surface area (Å²) < 4.78 is 5.16. The number of ether oxygens (including phenoxy) is 1. The molecule has 1 rings (SSSR count). The van der Waals surface area contributed by atoms with Crippen molar-refractivity contribution < 1.29 is 9.84 Å². The van der Waals surface area contributed by atoms with Crippen LogP contribution in [0.4, 0.5) is 0 Å². The Hall–Kier alpha value is -0.120. The predicted molar refractivity (Wildman–Crippen MR) is 80.3 cm³/mol. The molecule has 0 heterocycles. The van der Waals surface area contributed by atoms with Crippen molar-refractivity contribution in [3.8, 4) is 0 Å². The van der Waals surface area contributed by atoms with Gasteiger partial charge in [0.2, 0.25) is 0 Å². The van der Waals surface area contributed by atoms with Gasteiger partial charge in [-0.1, -0.05) is 27.7 Å². The van der Waals surface area contributed by atoms with Gasteiger partial charge in [-0.15, -0.1) is 0 Å². The summed E-state index contributed by atoms with van der Waals surface area (Å²) in [6.07, 6.45) is 3.18. The zero-order chi connectivity index (χ0) is 14.5. The van der Waals surface area contributed by atoms with Crippen LogP contribution in [0.3, 0.4) is 0 Å². The molecule has 1 aliphatic carbocycles. The average Bonchev–Trinajstić information content (AvgIpc) is 2.35. The van der Waals surface area contributed by atoms with Gasteiger partial charge in [0.05, 0.1) is 12.7 Å². The summed E-state index contributed by atoms with van der Waals surface area (Å²) in [5, 5.41) is 10.3. The molecule has 3 heteroatoms. The second-order valence-electron chi connectivity index (χ2n) is 7.09. The number of methoxy groups -OCH3 is 1. The monoisotopic (exact) mass is 271 g/mol. The highest BCUT2D eigenvalue weighted by atomic mass is 16.5. The molecule has 1 N–H and O–H groups in total. The van der Waals surface area contributed by atoms with E-state index in [1.807, 2.05) is 0 Å². The number of likely N-dealkylation sites (N-methyl/N-ethyl adjacent to an activating group) is 1. The van der Waals surface area contributed by atoms with Crippen LogP contribution >= 0.6 is 0 Å². The van der Waals surface area contributed by atoms with Crippen molar-refractivity contribution in [2.24, 2.45) is 17.3 Å². The first kappa shape index (κ1) is 16.9. The molecule has 0 saturated heterocycles. The van der Waals surface area contributed by atoms with Crippen molar-refractivity contribution in [2.45, 2.75) is 53.1 Å². The molecule has 3 nitrogen and oxygen atoms in total. The van der Waals surface area contributed by atoms with Crippen molar-refractivity contribution >= 4 is 0 Å². The standard InChI is InChI=1S/C16H33NO2/c1-6-17(9-10-19-5)12-13-11-14(16(2,3)4)7-8-15(13)18/h13-15,18H,6-12H2,1-5H3. The van der Waals surface area contributed by atoms with E-state index in [-0.39, 0.29) is 6.10 Å². The molecule has 0 aromatic heterocycles. The smallest absolute Gasteiger partial charge is 0.0589 e. The second-order valence-corrected chi connectivity index (χ2v) is 7.09. The Labute approximate surface area is 119 Å². The lowest BCUT2D eigenvalue weighted by atomic mass is 9.68. The highest BCUT2D eigenvalue weighted by Crippen LogP contribution is 2.40. The van der Waals surface area contributed by atoms with Crippen LogP contribution < -0.4 is 0 Å². The minimum Gasteiger partial charge on any atom is -0.393 e. The van der Waals surface area contributed by atoms with Crippen LogP contribution in [-0.2, 0) is 4.74 Å². The Bertz CT molecular complexity index is 250. The van der Waals surface area contributed by atoms with Gasteiger partial charge in [0.25, 0.3) is 0 Å². The van der Waals surface area contributed by atoms with E-state index < -0.39 is 0 Å². The van der Waals surface area contributed by atoms with Gasteiger partial charge in [-0.3, -0.25) is 0 Å². The molecule has 0 spiro atoms. The summed E-state index contributed by atoms with van der Waals surface area (Å²) in [6.45, 7) is 13.0. The number of aliphatic hydroxyl groups excluding tert-OH is 1. The fourth-order valence-corrected chi connectivity index (χ4v) is 3.16. The lowest BCUT2D eigenvalue weighted by Gasteiger charge is -2.41. The maximum absolute atomic E-state index is 10.3. The van der Waals surface area contributed by atoms with E-state index in [2.05, 4.69) is 32.6 Å². The summed E-state index contributed by atoms with van der Waals surface area (Å²) in [4.78, 5) is 2.41. The first-order valence-electron chi connectivity index (χ1n) is 7.77. The number of rotatable bonds is 6. The molecule has 0 bridgehead atoms. The highest BCUT2D eigenvalue weighted by Gasteiger charge is 2.35. The van der Waals surface area contributed by atoms with E-state index in [0.29, 0.717) is 11.3 Å². The molecule has 3 unspecified atom stereocenters. The summed E-state index contributed by atoms with van der Waals surface area (Å²) in [5.74, 6) is 1.16. The van der Waals surface area contributed by atoms with Gasteiger partial charge in [0, 0.05) is 20.2 Å². The van der Waals surface area contributed by atoms with E-state index in [0.717, 1.165) is 45.0 Å². The van der Waals surface area contributed by atoms with Crippen LogP contribution in [-0.4, -0.2) is 49.5 Å². The first-order chi connectivity index (χ1) is 8.88. The molecule has 1 aliphatic rings. The van der Waals surface area contributed by atoms with Crippen LogP contribution in [0.1, 0.15) is 47.0 Å². The SMILES string of the molecule is CCN(CCOC)CC1CC(C(C)(C)C)CCC1O. The molecule has 3 atom stereocenters. The van der Waals surface area contributed by atoms with Crippen molar-refractivity contribution in [1.29, 1.82) is 0 Å². The average molecular weight is 271 g/mol. The summed E-state index contributed by atoms with van der Waals surface area (Å²) in [6, 6.07) is 0. The van der Waals surface area contributed by atoms with E-state index in [4.69, 9.17) is 4.74 Å². The molecular weight excluding hydrogens is 238 g/mol. The molecule has 114 valence electrons. The molecular formula is C16H33NO2. The fraction of sp³-hybridized carbons (Fsp3) is 1.00. The van der Waals surface area contributed by atoms with Gasteiger partial charge in [0.15, 0.2) is 0 Å². The Balaban J connectivity index is 2.53. The first-order valence-corrected chi connectivity index (χ1v) is 7.77. The van der Waals surface area contributed by atoms with E-state index in [1.54, 1.807) is 7.11 Å². The van der Waals surface area contributed by atoms with Crippen molar-refractivity contribution in [1.82, 2.24) is 4.90 Å². The van der Waals surface area contributed by atoms with E-state index >= 15 is 0 Å². The Morgan fingerprint density at radius 3 is 2.47 bits per heavy atom. The van der Waals surface area contributed by atoms with Gasteiger partial charge < -0.3 is 14.7 Å². The zero-order valence-electron chi connectivity index (χ0n) is 13.5. The van der Waals surface area contributed by atoms with Gasteiger partial charge in [-0.05, 0) is 43.1 Å². The molecule has 0 aliphatic heterocycles. The van der Waals surface area contributed by atoms with Crippen molar-refractivity contribution in [2.75, 3.05) is 33.4 Å².